The molecule has 4 aromatic heterocycles. The van der Waals surface area contributed by atoms with Crippen LogP contribution >= 0.6 is 0 Å². The minimum Gasteiger partial charge on any atom is -0.354 e. The fourth-order valence-corrected chi connectivity index (χ4v) is 8.64. The molecule has 0 unspecified atom stereocenters. The lowest BCUT2D eigenvalue weighted by Gasteiger charge is -2.16. The number of hydrogen-bond donors (Lipinski definition) is 8. The van der Waals surface area contributed by atoms with E-state index >= 15 is 0 Å². The van der Waals surface area contributed by atoms with Gasteiger partial charge in [0.05, 0.1) is 0 Å². The van der Waals surface area contributed by atoms with Gasteiger partial charge >= 0.3 is 0 Å². The Morgan fingerprint density at radius 2 is 0.514 bits per heavy atom. The van der Waals surface area contributed by atoms with Crippen molar-refractivity contribution >= 4 is 68.7 Å². The molecule has 356 valence electrons. The van der Waals surface area contributed by atoms with Gasteiger partial charge in [-0.1, -0.05) is 99.1 Å². The first kappa shape index (κ1) is 47.4. The summed E-state index contributed by atoms with van der Waals surface area (Å²) in [7, 11) is 0. The monoisotopic (exact) mass is 948 g/mol. The van der Waals surface area contributed by atoms with Gasteiger partial charge in [-0.05, 0) is 100 Å². The molecule has 8 N–H and O–H groups in total. The van der Waals surface area contributed by atoms with Crippen molar-refractivity contribution in [3.63, 3.8) is 0 Å². The largest absolute Gasteiger partial charge is 0.354 e. The summed E-state index contributed by atoms with van der Waals surface area (Å²) < 4.78 is 0. The summed E-state index contributed by atoms with van der Waals surface area (Å²) in [6.45, 7) is 22.2. The molecular formula is C60H52N8O4. The van der Waals surface area contributed by atoms with E-state index in [1.54, 1.807) is 27.7 Å². The average Bonchev–Trinajstić information content (AvgIpc) is 4.22. The van der Waals surface area contributed by atoms with Gasteiger partial charge in [-0.2, -0.15) is 0 Å². The van der Waals surface area contributed by atoms with Crippen LogP contribution in [0.4, 0.5) is 22.7 Å². The molecule has 0 radical (unpaired) electrons. The number of amides is 4. The fourth-order valence-electron chi connectivity index (χ4n) is 8.64. The number of H-pyrrole nitrogens is 4. The summed E-state index contributed by atoms with van der Waals surface area (Å²) in [6.07, 6.45) is 0. The van der Waals surface area contributed by atoms with E-state index in [4.69, 9.17) is 0 Å². The molecule has 0 atom stereocenters. The first-order valence-corrected chi connectivity index (χ1v) is 23.2. The van der Waals surface area contributed by atoms with Crippen LogP contribution in [0, 0.1) is 0 Å². The first-order chi connectivity index (χ1) is 34.7. The lowest BCUT2D eigenvalue weighted by molar-refractivity contribution is -0.113. The number of rotatable bonds is 12. The molecule has 0 saturated heterocycles. The van der Waals surface area contributed by atoms with Gasteiger partial charge in [0.15, 0.2) is 0 Å². The highest BCUT2D eigenvalue weighted by atomic mass is 16.2. The Bertz CT molecular complexity index is 3380. The van der Waals surface area contributed by atoms with Crippen LogP contribution in [0.3, 0.4) is 0 Å². The van der Waals surface area contributed by atoms with Gasteiger partial charge in [0.2, 0.25) is 0 Å². The lowest BCUT2D eigenvalue weighted by Crippen LogP contribution is -2.21. The van der Waals surface area contributed by atoms with Gasteiger partial charge in [-0.3, -0.25) is 19.2 Å². The Kier molecular flexibility index (Phi) is 13.0. The number of benzene rings is 4. The van der Waals surface area contributed by atoms with Gasteiger partial charge in [0, 0.05) is 134 Å². The van der Waals surface area contributed by atoms with Crippen LogP contribution < -0.4 is 42.7 Å². The average molecular weight is 949 g/mol. The van der Waals surface area contributed by atoms with Crippen LogP contribution in [0.5, 0.6) is 0 Å². The highest BCUT2D eigenvalue weighted by molar-refractivity contribution is 6.07. The molecule has 1 aliphatic heterocycles. The van der Waals surface area contributed by atoms with Crippen LogP contribution in [0.15, 0.2) is 194 Å². The molecule has 8 bridgehead atoms. The molecule has 0 saturated carbocycles. The summed E-state index contributed by atoms with van der Waals surface area (Å²) in [5, 5.41) is 15.1. The van der Waals surface area contributed by atoms with E-state index in [1.165, 1.54) is 0 Å². The SMILES string of the molecule is C=C(C)C(=O)Nc1ccccc1C1=c2ccc([nH]2)=C(c2ccccc2NC(=O)C(=C)C)c2ccc([nH]2)C(c2ccccc2NC(=O)C(=C)C)=c2ccc([nH]2)=C(c2ccccc2NC(=O)C(=C)C)c2ccc1[nH]2. The van der Waals surface area contributed by atoms with Gasteiger partial charge < -0.3 is 41.2 Å². The maximum atomic E-state index is 13.3. The second kappa shape index (κ2) is 19.7. The normalized spacial score (nSPS) is 11.9. The molecule has 4 aromatic carbocycles. The predicted molar refractivity (Wildman–Crippen MR) is 288 cm³/mol. The number of para-hydroxylation sites is 4. The van der Waals surface area contributed by atoms with Crippen molar-refractivity contribution in [1.29, 1.82) is 0 Å². The highest BCUT2D eigenvalue weighted by Gasteiger charge is 2.23. The Balaban J connectivity index is 1.44. The van der Waals surface area contributed by atoms with E-state index in [9.17, 15) is 19.2 Å². The number of aromatic amines is 4. The zero-order chi connectivity index (χ0) is 50.8. The van der Waals surface area contributed by atoms with E-state index < -0.39 is 0 Å². The quantitative estimate of drug-likeness (QED) is 0.0574. The first-order valence-electron chi connectivity index (χ1n) is 23.2. The van der Waals surface area contributed by atoms with Crippen LogP contribution in [0.2, 0.25) is 0 Å². The molecule has 0 fully saturated rings. The van der Waals surface area contributed by atoms with Crippen molar-refractivity contribution in [1.82, 2.24) is 19.9 Å². The van der Waals surface area contributed by atoms with E-state index in [-0.39, 0.29) is 23.6 Å². The number of nitrogens with one attached hydrogen (secondary N) is 8. The van der Waals surface area contributed by atoms with Gasteiger partial charge in [0.25, 0.3) is 23.6 Å². The van der Waals surface area contributed by atoms with E-state index in [0.717, 1.165) is 22.3 Å². The molecule has 5 heterocycles. The maximum Gasteiger partial charge on any atom is 0.250 e. The third-order valence-corrected chi connectivity index (χ3v) is 12.2. The topological polar surface area (TPSA) is 180 Å². The summed E-state index contributed by atoms with van der Waals surface area (Å²) in [5.41, 5.74) is 12.2. The second-order valence-electron chi connectivity index (χ2n) is 17.8. The van der Waals surface area contributed by atoms with Gasteiger partial charge in [-0.15, -0.1) is 0 Å². The summed E-state index contributed by atoms with van der Waals surface area (Å²) >= 11 is 0. The molecule has 12 heteroatoms. The van der Waals surface area contributed by atoms with Crippen molar-refractivity contribution in [3.05, 3.63) is 261 Å². The van der Waals surface area contributed by atoms with Crippen molar-refractivity contribution in [2.45, 2.75) is 27.7 Å². The predicted octanol–water partition coefficient (Wildman–Crippen LogP) is 8.36. The number of carbonyl (C=O) groups excluding carboxylic acids is 4. The molecule has 0 aliphatic carbocycles. The smallest absolute Gasteiger partial charge is 0.250 e. The van der Waals surface area contributed by atoms with E-state index in [2.05, 4.69) is 67.5 Å². The minimum atomic E-state index is -0.328. The Morgan fingerprint density at radius 1 is 0.306 bits per heavy atom. The number of fused-ring (bicyclic) bond motifs is 8. The van der Waals surface area contributed by atoms with Crippen LogP contribution in [-0.4, -0.2) is 43.6 Å². The molecule has 8 aromatic rings. The van der Waals surface area contributed by atoms with Crippen LogP contribution in [0.25, 0.3) is 22.3 Å². The number of carbonyl (C=O) groups is 4. The van der Waals surface area contributed by atoms with E-state index in [1.807, 2.05) is 146 Å². The molecule has 0 spiro atoms. The number of aromatic nitrogens is 4. The standard InChI is InChI=1S/C60H52N8O4/c1-33(2)57(69)65-41-21-13-9-17-37(41)53-45-25-27-47(61-45)54(38-18-10-14-22-42(38)66-58(70)34(3)4)49-29-31-51(63-49)56(40-20-12-16-24-44(40)68-60(72)36(7)8)52-32-30-50(64-52)55(48-28-26-46(53)62-48)39-19-11-15-23-43(39)67-59(71)35(5)6/h9-32,61-64H,1,3,5,7H2,2,4,6,8H3,(H,65,69)(H,66,70)(H,67,71)(H,68,72). The third kappa shape index (κ3) is 9.39. The zero-order valence-electron chi connectivity index (χ0n) is 40.3. The molecule has 12 nitrogen and oxygen atoms in total. The molecular weight excluding hydrogens is 897 g/mol. The number of hydrogen-bond acceptors (Lipinski definition) is 4. The molecule has 4 amide bonds. The van der Waals surface area contributed by atoms with E-state index in [0.29, 0.717) is 111 Å². The fraction of sp³-hybridized carbons (Fsp3) is 0.0667. The molecule has 9 rings (SSSR count). The molecule has 72 heavy (non-hydrogen) atoms. The molecule has 1 aliphatic rings. The lowest BCUT2D eigenvalue weighted by atomic mass is 10.00. The zero-order valence-corrected chi connectivity index (χ0v) is 40.3. The summed E-state index contributed by atoms with van der Waals surface area (Å²) in [4.78, 5) is 68.3. The van der Waals surface area contributed by atoms with Crippen molar-refractivity contribution in [2.75, 3.05) is 21.3 Å². The highest BCUT2D eigenvalue weighted by Crippen LogP contribution is 2.34. The summed E-state index contributed by atoms with van der Waals surface area (Å²) in [5.74, 6) is -1.31. The second-order valence-corrected chi connectivity index (χ2v) is 17.8. The van der Waals surface area contributed by atoms with Crippen molar-refractivity contribution in [3.8, 4) is 0 Å². The third-order valence-electron chi connectivity index (χ3n) is 12.2. The van der Waals surface area contributed by atoms with Crippen LogP contribution in [0.1, 0.15) is 72.7 Å². The van der Waals surface area contributed by atoms with Crippen molar-refractivity contribution in [2.24, 2.45) is 0 Å². The Morgan fingerprint density at radius 3 is 0.722 bits per heavy atom. The van der Waals surface area contributed by atoms with Gasteiger partial charge in [-0.25, -0.2) is 0 Å². The Labute approximate surface area is 415 Å². The minimum absolute atomic E-state index is 0.328. The number of anilines is 4. The van der Waals surface area contributed by atoms with Gasteiger partial charge in [0.1, 0.15) is 0 Å². The Hall–Kier alpha value is -9.68. The van der Waals surface area contributed by atoms with Crippen LogP contribution in [-0.2, 0) is 19.2 Å². The summed E-state index contributed by atoms with van der Waals surface area (Å²) in [6, 6.07) is 46.2. The van der Waals surface area contributed by atoms with Crippen molar-refractivity contribution < 1.29 is 19.2 Å². The maximum absolute atomic E-state index is 13.3.